The zero-order valence-corrected chi connectivity index (χ0v) is 18.4. The van der Waals surface area contributed by atoms with Crippen LogP contribution in [0.4, 0.5) is 0 Å². The molecule has 0 unspecified atom stereocenters. The summed E-state index contributed by atoms with van der Waals surface area (Å²) in [6.07, 6.45) is -2.05. The fourth-order valence-corrected chi connectivity index (χ4v) is 4.71. The van der Waals surface area contributed by atoms with E-state index in [4.69, 9.17) is 9.47 Å². The lowest BCUT2D eigenvalue weighted by atomic mass is 9.94. The van der Waals surface area contributed by atoms with E-state index in [1.807, 2.05) is 97.9 Å². The van der Waals surface area contributed by atoms with Crippen molar-refractivity contribution in [2.45, 2.75) is 31.0 Å². The lowest BCUT2D eigenvalue weighted by molar-refractivity contribution is -0.220. The summed E-state index contributed by atoms with van der Waals surface area (Å²) in [6, 6.07) is 29.0. The van der Waals surface area contributed by atoms with Gasteiger partial charge in [0.05, 0.1) is 12.6 Å². The Bertz CT molecular complexity index is 1080. The molecule has 3 atom stereocenters. The van der Waals surface area contributed by atoms with E-state index in [9.17, 15) is 9.59 Å². The summed E-state index contributed by atoms with van der Waals surface area (Å²) in [5, 5.41) is 2.78. The van der Waals surface area contributed by atoms with Gasteiger partial charge in [0, 0.05) is 12.1 Å². The predicted molar refractivity (Wildman–Crippen MR) is 123 cm³/mol. The van der Waals surface area contributed by atoms with E-state index in [0.717, 1.165) is 16.7 Å². The third kappa shape index (κ3) is 3.81. The van der Waals surface area contributed by atoms with Crippen molar-refractivity contribution in [3.05, 3.63) is 108 Å². The quantitative estimate of drug-likeness (QED) is 0.636. The number of nitrogens with zero attached hydrogens (tertiary/aromatic N) is 1. The van der Waals surface area contributed by atoms with Gasteiger partial charge in [-0.25, -0.2) is 0 Å². The molecule has 2 heterocycles. The zero-order valence-electron chi connectivity index (χ0n) is 18.4. The fraction of sp³-hybridized carbons (Fsp3) is 0.259. The monoisotopic (exact) mass is 442 g/mol. The molecule has 2 aliphatic heterocycles. The van der Waals surface area contributed by atoms with Gasteiger partial charge in [0.15, 0.2) is 12.2 Å². The zero-order chi connectivity index (χ0) is 22.8. The molecule has 0 spiro atoms. The molecule has 2 aliphatic rings. The molecule has 3 aromatic carbocycles. The maximum atomic E-state index is 13.8. The third-order valence-electron chi connectivity index (χ3n) is 6.18. The van der Waals surface area contributed by atoms with Gasteiger partial charge in [-0.2, -0.15) is 0 Å². The summed E-state index contributed by atoms with van der Waals surface area (Å²) >= 11 is 0. The van der Waals surface area contributed by atoms with Crippen molar-refractivity contribution in [1.29, 1.82) is 0 Å². The van der Waals surface area contributed by atoms with Crippen molar-refractivity contribution < 1.29 is 19.1 Å². The summed E-state index contributed by atoms with van der Waals surface area (Å²) in [7, 11) is 0. The minimum atomic E-state index is -1.22. The van der Waals surface area contributed by atoms with Crippen molar-refractivity contribution in [2.24, 2.45) is 0 Å². The number of nitrogens with one attached hydrogen (secondary N) is 1. The van der Waals surface area contributed by atoms with E-state index in [1.54, 1.807) is 4.90 Å². The lowest BCUT2D eigenvalue weighted by Crippen LogP contribution is -2.55. The summed E-state index contributed by atoms with van der Waals surface area (Å²) in [5.41, 5.74) is 2.74. The largest absolute Gasteiger partial charge is 0.354 e. The molecule has 0 saturated carbocycles. The van der Waals surface area contributed by atoms with Crippen LogP contribution in [0.25, 0.3) is 0 Å². The molecule has 33 heavy (non-hydrogen) atoms. The number of hydrogen-bond acceptors (Lipinski definition) is 4. The number of morpholine rings is 1. The summed E-state index contributed by atoms with van der Waals surface area (Å²) < 4.78 is 12.5. The van der Waals surface area contributed by atoms with Gasteiger partial charge in [0.25, 0.3) is 11.8 Å². The van der Waals surface area contributed by atoms with Crippen LogP contribution in [0, 0.1) is 0 Å². The normalized spacial score (nSPS) is 24.2. The standard InChI is InChI=1S/C27H26N2O4/c1-2-28-25(30)23-24-26(31)29(18-27(32-23,33-24)21-16-10-5-11-17-21)22(19-12-6-3-7-13-19)20-14-8-4-9-15-20/h3-17,22-24H,2,18H2,1H3,(H,28,30)/t23-,24-,27-/m1/s1. The molecule has 5 rings (SSSR count). The maximum absolute atomic E-state index is 13.8. The highest BCUT2D eigenvalue weighted by molar-refractivity contribution is 5.93. The summed E-state index contributed by atoms with van der Waals surface area (Å²) in [5.74, 6) is -1.82. The number of carbonyl (C=O) groups excluding carboxylic acids is 2. The van der Waals surface area contributed by atoms with Crippen LogP contribution >= 0.6 is 0 Å². The first kappa shape index (κ1) is 21.4. The van der Waals surface area contributed by atoms with Gasteiger partial charge in [0.1, 0.15) is 0 Å². The molecular weight excluding hydrogens is 416 g/mol. The molecule has 2 saturated heterocycles. The Morgan fingerprint density at radius 2 is 1.48 bits per heavy atom. The molecule has 2 bridgehead atoms. The van der Waals surface area contributed by atoms with Gasteiger partial charge in [0.2, 0.25) is 5.79 Å². The van der Waals surface area contributed by atoms with Crippen LogP contribution in [-0.2, 0) is 24.8 Å². The molecule has 0 radical (unpaired) electrons. The van der Waals surface area contributed by atoms with Crippen molar-refractivity contribution in [3.63, 3.8) is 0 Å². The van der Waals surface area contributed by atoms with Gasteiger partial charge in [-0.1, -0.05) is 91.0 Å². The number of ether oxygens (including phenoxy) is 2. The Balaban J connectivity index is 1.62. The van der Waals surface area contributed by atoms with Crippen molar-refractivity contribution in [3.8, 4) is 0 Å². The maximum Gasteiger partial charge on any atom is 0.256 e. The molecule has 2 fully saturated rings. The first-order valence-corrected chi connectivity index (χ1v) is 11.2. The van der Waals surface area contributed by atoms with Crippen LogP contribution < -0.4 is 5.32 Å². The Kier molecular flexibility index (Phi) is 5.70. The first-order chi connectivity index (χ1) is 16.1. The van der Waals surface area contributed by atoms with E-state index in [0.29, 0.717) is 6.54 Å². The van der Waals surface area contributed by atoms with E-state index >= 15 is 0 Å². The van der Waals surface area contributed by atoms with Crippen LogP contribution in [0.1, 0.15) is 29.7 Å². The van der Waals surface area contributed by atoms with Crippen LogP contribution in [-0.4, -0.2) is 42.0 Å². The van der Waals surface area contributed by atoms with Gasteiger partial charge in [-0.05, 0) is 18.1 Å². The molecule has 0 aliphatic carbocycles. The van der Waals surface area contributed by atoms with E-state index in [2.05, 4.69) is 5.32 Å². The fourth-order valence-electron chi connectivity index (χ4n) is 4.71. The van der Waals surface area contributed by atoms with E-state index < -0.39 is 18.0 Å². The number of likely N-dealkylation sites (N-methyl/N-ethyl adjacent to an activating group) is 1. The van der Waals surface area contributed by atoms with E-state index in [1.165, 1.54) is 0 Å². The second-order valence-electron chi connectivity index (χ2n) is 8.28. The van der Waals surface area contributed by atoms with Gasteiger partial charge < -0.3 is 19.7 Å². The number of amides is 2. The lowest BCUT2D eigenvalue weighted by Gasteiger charge is -2.42. The Hall–Kier alpha value is -3.48. The number of rotatable bonds is 6. The van der Waals surface area contributed by atoms with Crippen LogP contribution in [0.15, 0.2) is 91.0 Å². The van der Waals surface area contributed by atoms with Crippen molar-refractivity contribution >= 4 is 11.8 Å². The SMILES string of the molecule is CCNC(=O)[C@@H]1O[C@]2(c3ccccc3)CN(C(c3ccccc3)c3ccccc3)C(=O)[C@@H]1O2. The minimum absolute atomic E-state index is 0.163. The Labute approximate surface area is 193 Å². The second-order valence-corrected chi connectivity index (χ2v) is 8.28. The molecule has 3 aromatic rings. The van der Waals surface area contributed by atoms with Crippen molar-refractivity contribution in [1.82, 2.24) is 10.2 Å². The molecule has 168 valence electrons. The third-order valence-corrected chi connectivity index (χ3v) is 6.18. The number of carbonyl (C=O) groups is 2. The van der Waals surface area contributed by atoms with Crippen molar-refractivity contribution in [2.75, 3.05) is 13.1 Å². The van der Waals surface area contributed by atoms with Crippen LogP contribution in [0.3, 0.4) is 0 Å². The predicted octanol–water partition coefficient (Wildman–Crippen LogP) is 3.39. The molecule has 6 nitrogen and oxygen atoms in total. The number of hydrogen-bond donors (Lipinski definition) is 1. The molecule has 1 N–H and O–H groups in total. The van der Waals surface area contributed by atoms with Gasteiger partial charge in [-0.3, -0.25) is 9.59 Å². The number of benzene rings is 3. The topological polar surface area (TPSA) is 67.9 Å². The second kappa shape index (κ2) is 8.81. The average molecular weight is 443 g/mol. The highest BCUT2D eigenvalue weighted by atomic mass is 16.8. The molecular formula is C27H26N2O4. The van der Waals surface area contributed by atoms with Crippen LogP contribution in [0.2, 0.25) is 0 Å². The smallest absolute Gasteiger partial charge is 0.256 e. The summed E-state index contributed by atoms with van der Waals surface area (Å²) in [4.78, 5) is 28.4. The Morgan fingerprint density at radius 1 is 0.939 bits per heavy atom. The van der Waals surface area contributed by atoms with Gasteiger partial charge in [-0.15, -0.1) is 0 Å². The first-order valence-electron chi connectivity index (χ1n) is 11.2. The van der Waals surface area contributed by atoms with Gasteiger partial charge >= 0.3 is 0 Å². The molecule has 2 amide bonds. The highest BCUT2D eigenvalue weighted by Gasteiger charge is 2.61. The molecule has 6 heteroatoms. The minimum Gasteiger partial charge on any atom is -0.354 e. The van der Waals surface area contributed by atoms with Crippen LogP contribution in [0.5, 0.6) is 0 Å². The average Bonchev–Trinajstić information content (AvgIpc) is 3.21. The van der Waals surface area contributed by atoms with E-state index in [-0.39, 0.29) is 24.4 Å². The Morgan fingerprint density at radius 3 is 2.03 bits per heavy atom. The molecule has 0 aromatic heterocycles. The summed E-state index contributed by atoms with van der Waals surface area (Å²) in [6.45, 7) is 2.44. The number of fused-ring (bicyclic) bond motifs is 2. The highest BCUT2D eigenvalue weighted by Crippen LogP contribution is 2.46.